The molecule has 0 saturated heterocycles. The van der Waals surface area contributed by atoms with Crippen molar-refractivity contribution < 1.29 is 4.79 Å². The number of hydrogen-bond donors (Lipinski definition) is 1. The van der Waals surface area contributed by atoms with Crippen molar-refractivity contribution >= 4 is 5.78 Å². The largest absolute Gasteiger partial charge is 0.330 e. The summed E-state index contributed by atoms with van der Waals surface area (Å²) in [7, 11) is 0. The molecular weight excluding hydrogens is 162 g/mol. The zero-order chi connectivity index (χ0) is 9.94. The van der Waals surface area contributed by atoms with Crippen LogP contribution in [0.25, 0.3) is 0 Å². The number of allylic oxidation sites excluding steroid dienone is 1. The first-order valence-corrected chi connectivity index (χ1v) is 5.14. The van der Waals surface area contributed by atoms with Crippen LogP contribution in [0, 0.1) is 0 Å². The quantitative estimate of drug-likeness (QED) is 0.440. The van der Waals surface area contributed by atoms with Gasteiger partial charge >= 0.3 is 0 Å². The lowest BCUT2D eigenvalue weighted by Gasteiger charge is -1.99. The summed E-state index contributed by atoms with van der Waals surface area (Å²) in [6.45, 7) is 4.28. The number of rotatable bonds is 9. The van der Waals surface area contributed by atoms with Crippen LogP contribution in [0.4, 0.5) is 0 Å². The second kappa shape index (κ2) is 9.46. The van der Waals surface area contributed by atoms with Crippen molar-refractivity contribution in [1.29, 1.82) is 0 Å². The molecule has 2 N–H and O–H groups in total. The van der Waals surface area contributed by atoms with E-state index >= 15 is 0 Å². The van der Waals surface area contributed by atoms with Crippen LogP contribution in [0.3, 0.4) is 0 Å². The van der Waals surface area contributed by atoms with Gasteiger partial charge in [0.15, 0.2) is 0 Å². The molecule has 2 heteroatoms. The van der Waals surface area contributed by atoms with Crippen LogP contribution in [-0.4, -0.2) is 12.3 Å². The van der Waals surface area contributed by atoms with Gasteiger partial charge in [-0.1, -0.05) is 12.5 Å². The van der Waals surface area contributed by atoms with Crippen molar-refractivity contribution in [2.45, 2.75) is 44.9 Å². The highest BCUT2D eigenvalue weighted by Gasteiger charge is 1.99. The molecule has 76 valence electrons. The summed E-state index contributed by atoms with van der Waals surface area (Å²) in [5, 5.41) is 0. The topological polar surface area (TPSA) is 43.1 Å². The number of Topliss-reactive ketones (excluding diaryl/α,β-unsaturated/α-hetero) is 1. The van der Waals surface area contributed by atoms with Gasteiger partial charge in [0, 0.05) is 12.8 Å². The molecule has 13 heavy (non-hydrogen) atoms. The second-order valence-corrected chi connectivity index (χ2v) is 3.32. The third-order valence-corrected chi connectivity index (χ3v) is 2.02. The van der Waals surface area contributed by atoms with Gasteiger partial charge in [0.2, 0.25) is 0 Å². The van der Waals surface area contributed by atoms with Gasteiger partial charge in [-0.15, -0.1) is 6.58 Å². The molecule has 0 spiro atoms. The van der Waals surface area contributed by atoms with Gasteiger partial charge < -0.3 is 5.73 Å². The molecule has 0 aliphatic heterocycles. The monoisotopic (exact) mass is 183 g/mol. The summed E-state index contributed by atoms with van der Waals surface area (Å²) in [4.78, 5) is 11.2. The van der Waals surface area contributed by atoms with Crippen molar-refractivity contribution in [1.82, 2.24) is 0 Å². The van der Waals surface area contributed by atoms with E-state index in [0.717, 1.165) is 38.5 Å². The van der Waals surface area contributed by atoms with Gasteiger partial charge in [-0.2, -0.15) is 0 Å². The smallest absolute Gasteiger partial charge is 0.132 e. The summed E-state index contributed by atoms with van der Waals surface area (Å²) in [5.41, 5.74) is 5.31. The van der Waals surface area contributed by atoms with Gasteiger partial charge in [0.25, 0.3) is 0 Å². The Kier molecular flexibility index (Phi) is 9.00. The van der Waals surface area contributed by atoms with Crippen LogP contribution >= 0.6 is 0 Å². The Bertz CT molecular complexity index is 143. The van der Waals surface area contributed by atoms with Crippen LogP contribution in [0.1, 0.15) is 44.9 Å². The summed E-state index contributed by atoms with van der Waals surface area (Å²) in [6.07, 6.45) is 8.55. The van der Waals surface area contributed by atoms with E-state index in [-0.39, 0.29) is 0 Å². The van der Waals surface area contributed by atoms with E-state index in [9.17, 15) is 4.79 Å². The number of hydrogen-bond acceptors (Lipinski definition) is 2. The molecule has 0 aromatic rings. The molecule has 2 nitrogen and oxygen atoms in total. The molecule has 0 atom stereocenters. The Hall–Kier alpha value is -0.630. The van der Waals surface area contributed by atoms with Crippen LogP contribution in [0.15, 0.2) is 12.7 Å². The predicted molar refractivity (Wildman–Crippen MR) is 56.6 cm³/mol. The van der Waals surface area contributed by atoms with Gasteiger partial charge in [0.05, 0.1) is 0 Å². The van der Waals surface area contributed by atoms with Crippen LogP contribution in [-0.2, 0) is 4.79 Å². The Balaban J connectivity index is 3.12. The predicted octanol–water partition coefficient (Wildman–Crippen LogP) is 2.43. The minimum absolute atomic E-state index is 0.365. The third-order valence-electron chi connectivity index (χ3n) is 2.02. The van der Waals surface area contributed by atoms with Crippen LogP contribution in [0.5, 0.6) is 0 Å². The first-order chi connectivity index (χ1) is 6.31. The summed E-state index contributed by atoms with van der Waals surface area (Å²) < 4.78 is 0. The zero-order valence-corrected chi connectivity index (χ0v) is 8.43. The van der Waals surface area contributed by atoms with Crippen LogP contribution < -0.4 is 5.73 Å². The fraction of sp³-hybridized carbons (Fsp3) is 0.727. The Morgan fingerprint density at radius 3 is 2.46 bits per heavy atom. The highest BCUT2D eigenvalue weighted by molar-refractivity contribution is 5.78. The maximum Gasteiger partial charge on any atom is 0.132 e. The van der Waals surface area contributed by atoms with E-state index in [1.807, 2.05) is 6.08 Å². The van der Waals surface area contributed by atoms with E-state index in [2.05, 4.69) is 6.58 Å². The van der Waals surface area contributed by atoms with E-state index in [0.29, 0.717) is 18.7 Å². The van der Waals surface area contributed by atoms with Crippen molar-refractivity contribution in [2.75, 3.05) is 6.54 Å². The van der Waals surface area contributed by atoms with E-state index in [1.54, 1.807) is 0 Å². The molecule has 0 fully saturated rings. The summed E-state index contributed by atoms with van der Waals surface area (Å²) in [5.74, 6) is 0.365. The maximum atomic E-state index is 11.2. The molecular formula is C11H21NO. The lowest BCUT2D eigenvalue weighted by atomic mass is 10.1. The molecule has 0 amide bonds. The van der Waals surface area contributed by atoms with E-state index in [1.165, 1.54) is 0 Å². The molecule has 0 bridgehead atoms. The zero-order valence-electron chi connectivity index (χ0n) is 8.43. The number of unbranched alkanes of at least 4 members (excludes halogenated alkanes) is 3. The van der Waals surface area contributed by atoms with Crippen molar-refractivity contribution in [3.8, 4) is 0 Å². The lowest BCUT2D eigenvalue weighted by molar-refractivity contribution is -0.119. The van der Waals surface area contributed by atoms with Gasteiger partial charge in [-0.3, -0.25) is 4.79 Å². The summed E-state index contributed by atoms with van der Waals surface area (Å²) in [6, 6.07) is 0. The highest BCUT2D eigenvalue weighted by Crippen LogP contribution is 2.05. The average Bonchev–Trinajstić information content (AvgIpc) is 2.14. The molecule has 0 aromatic carbocycles. The average molecular weight is 183 g/mol. The number of carbonyl (C=O) groups excluding carboxylic acids is 1. The lowest BCUT2D eigenvalue weighted by Crippen LogP contribution is -2.04. The Labute approximate surface area is 81.2 Å². The van der Waals surface area contributed by atoms with Crippen molar-refractivity contribution in [2.24, 2.45) is 5.73 Å². The Morgan fingerprint density at radius 2 is 1.85 bits per heavy atom. The first kappa shape index (κ1) is 12.4. The molecule has 0 aromatic heterocycles. The standard InChI is InChI=1S/C11H21NO/c1-2-3-4-5-6-8-11(13)9-7-10-12/h2H,1,3-10,12H2. The number of carbonyl (C=O) groups is 1. The SMILES string of the molecule is C=CCCCCCC(=O)CCCN. The highest BCUT2D eigenvalue weighted by atomic mass is 16.1. The molecule has 0 aliphatic carbocycles. The molecule has 0 heterocycles. The Morgan fingerprint density at radius 1 is 1.15 bits per heavy atom. The maximum absolute atomic E-state index is 11.2. The van der Waals surface area contributed by atoms with E-state index < -0.39 is 0 Å². The fourth-order valence-electron chi connectivity index (χ4n) is 1.21. The van der Waals surface area contributed by atoms with Crippen LogP contribution in [0.2, 0.25) is 0 Å². The third kappa shape index (κ3) is 9.28. The normalized spacial score (nSPS) is 9.92. The van der Waals surface area contributed by atoms with E-state index in [4.69, 9.17) is 5.73 Å². The van der Waals surface area contributed by atoms with Gasteiger partial charge in [-0.05, 0) is 32.2 Å². The fourth-order valence-corrected chi connectivity index (χ4v) is 1.21. The molecule has 0 aliphatic rings. The molecule has 0 radical (unpaired) electrons. The van der Waals surface area contributed by atoms with Gasteiger partial charge in [-0.25, -0.2) is 0 Å². The minimum Gasteiger partial charge on any atom is -0.330 e. The van der Waals surface area contributed by atoms with Crippen molar-refractivity contribution in [3.63, 3.8) is 0 Å². The first-order valence-electron chi connectivity index (χ1n) is 5.14. The number of nitrogens with two attached hydrogens (primary N) is 1. The number of ketones is 1. The molecule has 0 unspecified atom stereocenters. The second-order valence-electron chi connectivity index (χ2n) is 3.32. The van der Waals surface area contributed by atoms with Gasteiger partial charge in [0.1, 0.15) is 5.78 Å². The molecule has 0 saturated carbocycles. The van der Waals surface area contributed by atoms with Crippen molar-refractivity contribution in [3.05, 3.63) is 12.7 Å². The molecule has 0 rings (SSSR count). The minimum atomic E-state index is 0.365. The summed E-state index contributed by atoms with van der Waals surface area (Å²) >= 11 is 0.